The van der Waals surface area contributed by atoms with Gasteiger partial charge in [-0.1, -0.05) is 31.9 Å². The van der Waals surface area contributed by atoms with E-state index < -0.39 is 42.0 Å². The van der Waals surface area contributed by atoms with Crippen molar-refractivity contribution in [3.05, 3.63) is 59.7 Å². The molecular weight excluding hydrogens is 486 g/mol. The number of amides is 3. The largest absolute Gasteiger partial charge is 0.478 e. The van der Waals surface area contributed by atoms with E-state index in [0.717, 1.165) is 19.3 Å². The number of unbranched alkanes of at least 4 members (excludes halogenated alkanes) is 2. The average Bonchev–Trinajstić information content (AvgIpc) is 2.85. The van der Waals surface area contributed by atoms with Crippen molar-refractivity contribution in [2.24, 2.45) is 0 Å². The topological polar surface area (TPSA) is 191 Å². The first-order chi connectivity index (χ1) is 17.6. The number of hydrogen-bond donors (Lipinski definition) is 6. The standard InChI is InChI=1S/C25H29N3O9/c1-2-3-4-13-26-21(29)19(28-25(36)27-17-9-7-16(8-10-17)22(30)31)14-15-5-11-18(12-6-15)37-20(23(32)33)24(34)35/h5-12,19-20H,2-4,13-14H2,1H3,(H,26,29)(H,30,31)(H,32,33)(H,34,35)(H2,27,28,36). The van der Waals surface area contributed by atoms with Crippen LogP contribution in [0.1, 0.15) is 42.1 Å². The fourth-order valence-electron chi connectivity index (χ4n) is 3.22. The monoisotopic (exact) mass is 515 g/mol. The van der Waals surface area contributed by atoms with Crippen molar-refractivity contribution in [3.63, 3.8) is 0 Å². The van der Waals surface area contributed by atoms with Gasteiger partial charge in [0.25, 0.3) is 6.10 Å². The summed E-state index contributed by atoms with van der Waals surface area (Å²) in [5.74, 6) is -4.80. The number of anilines is 1. The molecule has 2 rings (SSSR count). The molecule has 0 radical (unpaired) electrons. The lowest BCUT2D eigenvalue weighted by molar-refractivity contribution is -0.159. The Morgan fingerprint density at radius 3 is 2.03 bits per heavy atom. The van der Waals surface area contributed by atoms with E-state index in [1.807, 2.05) is 6.92 Å². The molecule has 1 atom stereocenters. The molecule has 12 heteroatoms. The van der Waals surface area contributed by atoms with Crippen molar-refractivity contribution in [2.75, 3.05) is 11.9 Å². The first-order valence-corrected chi connectivity index (χ1v) is 11.5. The Labute approximate surface area is 212 Å². The third-order valence-corrected chi connectivity index (χ3v) is 5.16. The summed E-state index contributed by atoms with van der Waals surface area (Å²) in [6.45, 7) is 2.46. The van der Waals surface area contributed by atoms with Gasteiger partial charge < -0.3 is 36.0 Å². The van der Waals surface area contributed by atoms with E-state index in [2.05, 4.69) is 16.0 Å². The second kappa shape index (κ2) is 14.1. The van der Waals surface area contributed by atoms with Gasteiger partial charge >= 0.3 is 23.9 Å². The fraction of sp³-hybridized carbons (Fsp3) is 0.320. The highest BCUT2D eigenvalue weighted by Gasteiger charge is 2.28. The van der Waals surface area contributed by atoms with Crippen molar-refractivity contribution in [1.29, 1.82) is 0 Å². The lowest BCUT2D eigenvalue weighted by Gasteiger charge is -2.19. The molecule has 0 aliphatic rings. The Kier molecular flexibility index (Phi) is 10.9. The lowest BCUT2D eigenvalue weighted by atomic mass is 10.0. The highest BCUT2D eigenvalue weighted by molar-refractivity contribution is 5.96. The first-order valence-electron chi connectivity index (χ1n) is 11.5. The van der Waals surface area contributed by atoms with E-state index in [4.69, 9.17) is 20.1 Å². The van der Waals surface area contributed by atoms with Crippen molar-refractivity contribution >= 4 is 35.5 Å². The Morgan fingerprint density at radius 1 is 0.865 bits per heavy atom. The maximum Gasteiger partial charge on any atom is 0.356 e. The van der Waals surface area contributed by atoms with Crippen LogP contribution in [0.2, 0.25) is 0 Å². The number of carboxylic acids is 3. The molecule has 2 aromatic rings. The van der Waals surface area contributed by atoms with Gasteiger partial charge in [0.1, 0.15) is 11.8 Å². The van der Waals surface area contributed by atoms with E-state index in [1.165, 1.54) is 48.5 Å². The van der Waals surface area contributed by atoms with Gasteiger partial charge in [-0.3, -0.25) is 4.79 Å². The zero-order chi connectivity index (χ0) is 27.4. The van der Waals surface area contributed by atoms with Crippen LogP contribution < -0.4 is 20.7 Å². The molecule has 6 N–H and O–H groups in total. The van der Waals surface area contributed by atoms with Crippen LogP contribution in [0.25, 0.3) is 0 Å². The van der Waals surface area contributed by atoms with Gasteiger partial charge in [0.05, 0.1) is 5.56 Å². The Balaban J connectivity index is 2.09. The minimum Gasteiger partial charge on any atom is -0.478 e. The maximum atomic E-state index is 12.8. The van der Waals surface area contributed by atoms with E-state index in [1.54, 1.807) is 0 Å². The number of rotatable bonds is 14. The zero-order valence-corrected chi connectivity index (χ0v) is 20.1. The molecule has 0 saturated carbocycles. The number of aromatic carboxylic acids is 1. The van der Waals surface area contributed by atoms with Crippen molar-refractivity contribution in [3.8, 4) is 5.75 Å². The summed E-state index contributed by atoms with van der Waals surface area (Å²) in [7, 11) is 0. The fourth-order valence-corrected chi connectivity index (χ4v) is 3.22. The molecule has 0 aromatic heterocycles. The second-order valence-corrected chi connectivity index (χ2v) is 8.05. The summed E-state index contributed by atoms with van der Waals surface area (Å²) in [5.41, 5.74) is 0.979. The molecule has 0 spiro atoms. The van der Waals surface area contributed by atoms with E-state index in [0.29, 0.717) is 17.8 Å². The predicted octanol–water partition coefficient (Wildman–Crippen LogP) is 2.34. The van der Waals surface area contributed by atoms with Crippen LogP contribution in [0.5, 0.6) is 5.75 Å². The number of benzene rings is 2. The van der Waals surface area contributed by atoms with Gasteiger partial charge in [-0.2, -0.15) is 0 Å². The Hall–Kier alpha value is -4.61. The molecule has 0 heterocycles. The molecule has 12 nitrogen and oxygen atoms in total. The molecule has 0 saturated heterocycles. The number of ether oxygens (including phenoxy) is 1. The minimum absolute atomic E-state index is 0.00891. The molecule has 3 amide bonds. The summed E-state index contributed by atoms with van der Waals surface area (Å²) in [6, 6.07) is 9.64. The van der Waals surface area contributed by atoms with Crippen LogP contribution in [-0.4, -0.2) is 63.9 Å². The predicted molar refractivity (Wildman–Crippen MR) is 132 cm³/mol. The summed E-state index contributed by atoms with van der Waals surface area (Å²) in [4.78, 5) is 58.4. The van der Waals surface area contributed by atoms with Gasteiger partial charge in [-0.15, -0.1) is 0 Å². The number of carboxylic acid groups (broad SMARTS) is 3. The maximum absolute atomic E-state index is 12.8. The van der Waals surface area contributed by atoms with E-state index in [9.17, 15) is 24.0 Å². The zero-order valence-electron chi connectivity index (χ0n) is 20.1. The molecule has 0 aliphatic heterocycles. The summed E-state index contributed by atoms with van der Waals surface area (Å²) < 4.78 is 4.98. The van der Waals surface area contributed by atoms with Crippen LogP contribution in [-0.2, 0) is 20.8 Å². The third kappa shape index (κ3) is 9.51. The molecular formula is C25H29N3O9. The van der Waals surface area contributed by atoms with Crippen LogP contribution in [0.4, 0.5) is 10.5 Å². The molecule has 37 heavy (non-hydrogen) atoms. The van der Waals surface area contributed by atoms with E-state index in [-0.39, 0.29) is 17.7 Å². The van der Waals surface area contributed by atoms with Gasteiger partial charge in [0, 0.05) is 18.7 Å². The van der Waals surface area contributed by atoms with Crippen LogP contribution in [0.15, 0.2) is 48.5 Å². The quantitative estimate of drug-likeness (QED) is 0.162. The summed E-state index contributed by atoms with van der Waals surface area (Å²) in [5, 5.41) is 34.8. The van der Waals surface area contributed by atoms with E-state index >= 15 is 0 Å². The Morgan fingerprint density at radius 2 is 1.49 bits per heavy atom. The molecule has 0 bridgehead atoms. The number of urea groups is 1. The SMILES string of the molecule is CCCCCNC(=O)C(Cc1ccc(OC(C(=O)O)C(=O)O)cc1)NC(=O)Nc1ccc(C(=O)O)cc1. The molecule has 198 valence electrons. The molecule has 1 unspecified atom stereocenters. The number of nitrogens with one attached hydrogen (secondary N) is 3. The normalized spacial score (nSPS) is 11.3. The van der Waals surface area contributed by atoms with Crippen LogP contribution >= 0.6 is 0 Å². The van der Waals surface area contributed by atoms with Crippen LogP contribution in [0.3, 0.4) is 0 Å². The highest BCUT2D eigenvalue weighted by atomic mass is 16.5. The second-order valence-electron chi connectivity index (χ2n) is 8.05. The third-order valence-electron chi connectivity index (χ3n) is 5.16. The minimum atomic E-state index is -2.07. The first kappa shape index (κ1) is 28.6. The van der Waals surface area contributed by atoms with Crippen molar-refractivity contribution in [2.45, 2.75) is 44.8 Å². The summed E-state index contributed by atoms with van der Waals surface area (Å²) >= 11 is 0. The summed E-state index contributed by atoms with van der Waals surface area (Å²) in [6.07, 6.45) is 0.687. The number of carbonyl (C=O) groups excluding carboxylic acids is 2. The van der Waals surface area contributed by atoms with Crippen molar-refractivity contribution in [1.82, 2.24) is 10.6 Å². The molecule has 0 fully saturated rings. The van der Waals surface area contributed by atoms with Gasteiger partial charge in [-0.25, -0.2) is 19.2 Å². The van der Waals surface area contributed by atoms with Crippen molar-refractivity contribution < 1.29 is 44.0 Å². The number of aliphatic carboxylic acids is 2. The average molecular weight is 516 g/mol. The highest BCUT2D eigenvalue weighted by Crippen LogP contribution is 2.16. The number of hydrogen-bond acceptors (Lipinski definition) is 6. The van der Waals surface area contributed by atoms with Crippen LogP contribution in [0, 0.1) is 0 Å². The molecule has 2 aromatic carbocycles. The number of carbonyl (C=O) groups is 5. The van der Waals surface area contributed by atoms with Gasteiger partial charge in [0.2, 0.25) is 5.91 Å². The Bertz CT molecular complexity index is 1090. The smallest absolute Gasteiger partial charge is 0.356 e. The molecule has 0 aliphatic carbocycles. The van der Waals surface area contributed by atoms with Gasteiger partial charge in [-0.05, 0) is 48.4 Å². The van der Waals surface area contributed by atoms with Gasteiger partial charge in [0.15, 0.2) is 0 Å². The lowest BCUT2D eigenvalue weighted by Crippen LogP contribution is -2.49.